The average Bonchev–Trinajstić information content (AvgIpc) is 2.82. The van der Waals surface area contributed by atoms with Crippen LogP contribution in [-0.4, -0.2) is 44.7 Å². The Kier molecular flexibility index (Phi) is 7.66. The standard InChI is InChI=1S/C27H30ClNO6S/c1-27(2,3)34-26(30)29-14-12-19(13-15-29)18-33-21-16-20-8-4-5-9-22(20)24(17-21)35-36(31,32)25-11-7-6-10-23(25)28/h4-11,16-17,19H,12-15,18H2,1-3H3. The zero-order chi connectivity index (χ0) is 25.9. The molecule has 1 fully saturated rings. The largest absolute Gasteiger partial charge is 0.493 e. The van der Waals surface area contributed by atoms with E-state index >= 15 is 0 Å². The molecular weight excluding hydrogens is 502 g/mol. The summed E-state index contributed by atoms with van der Waals surface area (Å²) in [5.74, 6) is 0.932. The maximum atomic E-state index is 13.0. The Morgan fingerprint density at radius 1 is 1.03 bits per heavy atom. The lowest BCUT2D eigenvalue weighted by atomic mass is 9.98. The maximum Gasteiger partial charge on any atom is 0.410 e. The van der Waals surface area contributed by atoms with Crippen molar-refractivity contribution in [3.8, 4) is 11.5 Å². The van der Waals surface area contributed by atoms with Gasteiger partial charge >= 0.3 is 16.2 Å². The highest BCUT2D eigenvalue weighted by atomic mass is 35.5. The summed E-state index contributed by atoms with van der Waals surface area (Å²) in [6, 6.07) is 17.0. The van der Waals surface area contributed by atoms with Gasteiger partial charge < -0.3 is 18.6 Å². The molecule has 0 spiro atoms. The molecule has 1 aliphatic rings. The smallest absolute Gasteiger partial charge is 0.410 e. The highest BCUT2D eigenvalue weighted by molar-refractivity contribution is 7.87. The number of fused-ring (bicyclic) bond motifs is 1. The number of carbonyl (C=O) groups is 1. The minimum Gasteiger partial charge on any atom is -0.493 e. The van der Waals surface area contributed by atoms with Crippen LogP contribution >= 0.6 is 11.6 Å². The van der Waals surface area contributed by atoms with Gasteiger partial charge in [-0.25, -0.2) is 4.79 Å². The molecule has 0 atom stereocenters. The summed E-state index contributed by atoms with van der Waals surface area (Å²) < 4.78 is 43.0. The van der Waals surface area contributed by atoms with Crippen LogP contribution in [0.3, 0.4) is 0 Å². The first-order valence-corrected chi connectivity index (χ1v) is 13.6. The fourth-order valence-electron chi connectivity index (χ4n) is 4.03. The van der Waals surface area contributed by atoms with E-state index in [0.717, 1.165) is 18.2 Å². The molecule has 36 heavy (non-hydrogen) atoms. The van der Waals surface area contributed by atoms with Crippen LogP contribution in [-0.2, 0) is 14.9 Å². The number of benzene rings is 3. The molecule has 9 heteroatoms. The summed E-state index contributed by atoms with van der Waals surface area (Å²) in [6.45, 7) is 7.21. The fraction of sp³-hybridized carbons (Fsp3) is 0.370. The van der Waals surface area contributed by atoms with Crippen molar-refractivity contribution >= 4 is 38.6 Å². The number of rotatable bonds is 6. The second-order valence-corrected chi connectivity index (χ2v) is 11.8. The lowest BCUT2D eigenvalue weighted by molar-refractivity contribution is 0.0165. The van der Waals surface area contributed by atoms with Crippen molar-refractivity contribution in [3.63, 3.8) is 0 Å². The monoisotopic (exact) mass is 531 g/mol. The van der Waals surface area contributed by atoms with E-state index in [-0.39, 0.29) is 27.7 Å². The molecular formula is C27H30ClNO6S. The van der Waals surface area contributed by atoms with Gasteiger partial charge in [0, 0.05) is 24.5 Å². The minimum absolute atomic E-state index is 0.0898. The molecule has 0 saturated carbocycles. The van der Waals surface area contributed by atoms with Gasteiger partial charge in [0.1, 0.15) is 16.2 Å². The molecule has 1 amide bonds. The van der Waals surface area contributed by atoms with Crippen molar-refractivity contribution < 1.29 is 26.9 Å². The lowest BCUT2D eigenvalue weighted by Gasteiger charge is -2.33. The van der Waals surface area contributed by atoms with Crippen LogP contribution in [0.4, 0.5) is 4.79 Å². The van der Waals surface area contributed by atoms with E-state index in [4.69, 9.17) is 25.3 Å². The fourth-order valence-corrected chi connectivity index (χ4v) is 5.47. The van der Waals surface area contributed by atoms with Gasteiger partial charge in [-0.05, 0) is 63.1 Å². The molecule has 1 aliphatic heterocycles. The molecule has 7 nitrogen and oxygen atoms in total. The maximum absolute atomic E-state index is 13.0. The van der Waals surface area contributed by atoms with Crippen molar-refractivity contribution in [2.75, 3.05) is 19.7 Å². The van der Waals surface area contributed by atoms with Crippen molar-refractivity contribution in [1.82, 2.24) is 4.90 Å². The van der Waals surface area contributed by atoms with Crippen LogP contribution in [0.5, 0.6) is 11.5 Å². The topological polar surface area (TPSA) is 82.1 Å². The number of nitrogens with zero attached hydrogens (tertiary/aromatic N) is 1. The molecule has 0 N–H and O–H groups in total. The predicted molar refractivity (Wildman–Crippen MR) is 139 cm³/mol. The van der Waals surface area contributed by atoms with Crippen molar-refractivity contribution in [1.29, 1.82) is 0 Å². The van der Waals surface area contributed by atoms with E-state index in [1.165, 1.54) is 12.1 Å². The molecule has 0 aliphatic carbocycles. The van der Waals surface area contributed by atoms with Gasteiger partial charge in [-0.15, -0.1) is 0 Å². The van der Waals surface area contributed by atoms with Crippen LogP contribution in [0.2, 0.25) is 5.02 Å². The summed E-state index contributed by atoms with van der Waals surface area (Å²) in [5.41, 5.74) is -0.522. The first kappa shape index (κ1) is 26.1. The average molecular weight is 532 g/mol. The molecule has 1 saturated heterocycles. The Morgan fingerprint density at radius 3 is 2.39 bits per heavy atom. The Labute approximate surface area is 217 Å². The first-order valence-electron chi connectivity index (χ1n) is 11.8. The van der Waals surface area contributed by atoms with Crippen molar-refractivity contribution in [3.05, 3.63) is 65.7 Å². The third-order valence-electron chi connectivity index (χ3n) is 5.85. The molecule has 192 valence electrons. The lowest BCUT2D eigenvalue weighted by Crippen LogP contribution is -2.42. The highest BCUT2D eigenvalue weighted by Crippen LogP contribution is 2.35. The molecule has 0 radical (unpaired) electrons. The Hall–Kier alpha value is -2.97. The summed E-state index contributed by atoms with van der Waals surface area (Å²) >= 11 is 6.11. The number of ether oxygens (including phenoxy) is 2. The normalized spacial score (nSPS) is 15.1. The van der Waals surface area contributed by atoms with E-state index in [2.05, 4.69) is 0 Å². The molecule has 4 rings (SSSR count). The third-order valence-corrected chi connectivity index (χ3v) is 7.59. The summed E-state index contributed by atoms with van der Waals surface area (Å²) in [6.07, 6.45) is 1.28. The molecule has 3 aromatic rings. The van der Waals surface area contributed by atoms with Crippen LogP contribution < -0.4 is 8.92 Å². The van der Waals surface area contributed by atoms with Gasteiger partial charge in [-0.1, -0.05) is 48.0 Å². The Bertz CT molecular complexity index is 1340. The SMILES string of the molecule is CC(C)(C)OC(=O)N1CCC(COc2cc(OS(=O)(=O)c3ccccc3Cl)c3ccccc3c2)CC1. The number of carbonyl (C=O) groups excluding carboxylic acids is 1. The second kappa shape index (κ2) is 10.6. The van der Waals surface area contributed by atoms with E-state index in [1.54, 1.807) is 29.2 Å². The van der Waals surface area contributed by atoms with Gasteiger partial charge in [0.05, 0.1) is 11.6 Å². The van der Waals surface area contributed by atoms with E-state index in [0.29, 0.717) is 30.8 Å². The number of piperidine rings is 1. The molecule has 0 aromatic heterocycles. The summed E-state index contributed by atoms with van der Waals surface area (Å²) in [4.78, 5) is 13.9. The summed E-state index contributed by atoms with van der Waals surface area (Å²) in [7, 11) is -4.15. The third kappa shape index (κ3) is 6.42. The molecule has 0 bridgehead atoms. The Balaban J connectivity index is 1.46. The first-order chi connectivity index (χ1) is 17.0. The van der Waals surface area contributed by atoms with Gasteiger partial charge in [0.2, 0.25) is 0 Å². The van der Waals surface area contributed by atoms with E-state index < -0.39 is 15.7 Å². The number of hydrogen-bond acceptors (Lipinski definition) is 6. The number of amides is 1. The Morgan fingerprint density at radius 2 is 1.69 bits per heavy atom. The van der Waals surface area contributed by atoms with E-state index in [1.807, 2.05) is 45.0 Å². The van der Waals surface area contributed by atoms with Crippen LogP contribution in [0, 0.1) is 5.92 Å². The number of hydrogen-bond donors (Lipinski definition) is 0. The van der Waals surface area contributed by atoms with Gasteiger partial charge in [0.25, 0.3) is 0 Å². The highest BCUT2D eigenvalue weighted by Gasteiger charge is 2.27. The molecule has 1 heterocycles. The molecule has 0 unspecified atom stereocenters. The summed E-state index contributed by atoms with van der Waals surface area (Å²) in [5, 5.41) is 1.53. The zero-order valence-corrected chi connectivity index (χ0v) is 22.1. The van der Waals surface area contributed by atoms with Gasteiger partial charge in [-0.3, -0.25) is 0 Å². The van der Waals surface area contributed by atoms with Gasteiger partial charge in [0.15, 0.2) is 5.75 Å². The number of likely N-dealkylation sites (tertiary alicyclic amines) is 1. The van der Waals surface area contributed by atoms with Crippen LogP contribution in [0.25, 0.3) is 10.8 Å². The van der Waals surface area contributed by atoms with Crippen LogP contribution in [0.15, 0.2) is 65.6 Å². The van der Waals surface area contributed by atoms with Crippen molar-refractivity contribution in [2.45, 2.75) is 44.1 Å². The van der Waals surface area contributed by atoms with E-state index in [9.17, 15) is 13.2 Å². The zero-order valence-electron chi connectivity index (χ0n) is 20.6. The van der Waals surface area contributed by atoms with Crippen LogP contribution in [0.1, 0.15) is 33.6 Å². The minimum atomic E-state index is -4.15. The molecule has 3 aromatic carbocycles. The predicted octanol–water partition coefficient (Wildman–Crippen LogP) is 6.29. The number of halogens is 1. The van der Waals surface area contributed by atoms with Crippen molar-refractivity contribution in [2.24, 2.45) is 5.92 Å². The van der Waals surface area contributed by atoms with Gasteiger partial charge in [-0.2, -0.15) is 8.42 Å². The second-order valence-electron chi connectivity index (χ2n) is 9.83. The quantitative estimate of drug-likeness (QED) is 0.348.